The van der Waals surface area contributed by atoms with E-state index in [4.69, 9.17) is 9.47 Å². The fourth-order valence-electron chi connectivity index (χ4n) is 3.22. The van der Waals surface area contributed by atoms with Gasteiger partial charge in [-0.05, 0) is 40.8 Å². The Bertz CT molecular complexity index is 1230. The van der Waals surface area contributed by atoms with Crippen molar-refractivity contribution in [2.24, 2.45) is 0 Å². The first-order valence-corrected chi connectivity index (χ1v) is 12.4. The Hall–Kier alpha value is -3.00. The lowest BCUT2D eigenvalue weighted by Crippen LogP contribution is -2.40. The van der Waals surface area contributed by atoms with Crippen LogP contribution < -0.4 is 10.1 Å². The molecule has 0 atom stereocenters. The van der Waals surface area contributed by atoms with Gasteiger partial charge in [0.2, 0.25) is 21.1 Å². The van der Waals surface area contributed by atoms with Gasteiger partial charge in [-0.3, -0.25) is 4.79 Å². The maximum Gasteiger partial charge on any atom is 0.243 e. The highest BCUT2D eigenvalue weighted by molar-refractivity contribution is 7.99. The molecule has 0 saturated carbocycles. The number of amides is 1. The van der Waals surface area contributed by atoms with Crippen LogP contribution in [0.4, 0.5) is 5.69 Å². The Labute approximate surface area is 195 Å². The molecule has 1 amide bonds. The second-order valence-electron chi connectivity index (χ2n) is 6.93. The van der Waals surface area contributed by atoms with Crippen LogP contribution in [0.3, 0.4) is 0 Å². The largest absolute Gasteiger partial charge is 0.494 e. The van der Waals surface area contributed by atoms with Crippen LogP contribution in [0.25, 0.3) is 5.69 Å². The lowest BCUT2D eigenvalue weighted by atomic mass is 10.3. The highest BCUT2D eigenvalue weighted by Gasteiger charge is 2.26. The van der Waals surface area contributed by atoms with E-state index in [-0.39, 0.29) is 16.6 Å². The van der Waals surface area contributed by atoms with Crippen LogP contribution >= 0.6 is 11.8 Å². The van der Waals surface area contributed by atoms with Crippen molar-refractivity contribution in [1.82, 2.24) is 24.5 Å². The van der Waals surface area contributed by atoms with Crippen LogP contribution in [0.2, 0.25) is 0 Å². The second kappa shape index (κ2) is 10.3. The first-order valence-electron chi connectivity index (χ1n) is 10.0. The lowest BCUT2D eigenvalue weighted by molar-refractivity contribution is -0.113. The predicted molar refractivity (Wildman–Crippen MR) is 121 cm³/mol. The third kappa shape index (κ3) is 5.33. The molecule has 4 rings (SSSR count). The van der Waals surface area contributed by atoms with E-state index in [1.165, 1.54) is 21.1 Å². The first kappa shape index (κ1) is 23.2. The van der Waals surface area contributed by atoms with Crippen LogP contribution in [0, 0.1) is 0 Å². The third-order valence-corrected chi connectivity index (χ3v) is 7.63. The maximum absolute atomic E-state index is 12.8. The van der Waals surface area contributed by atoms with Crippen molar-refractivity contribution in [3.05, 3.63) is 48.5 Å². The number of hydrogen-bond donors (Lipinski definition) is 1. The number of morpholine rings is 1. The molecule has 11 nitrogen and oxygen atoms in total. The van der Waals surface area contributed by atoms with Gasteiger partial charge < -0.3 is 14.8 Å². The number of carbonyl (C=O) groups excluding carboxylic acids is 1. The number of thioether (sulfide) groups is 1. The molecule has 0 spiro atoms. The average Bonchev–Trinajstić information content (AvgIpc) is 3.32. The van der Waals surface area contributed by atoms with Crippen LogP contribution in [0.15, 0.2) is 58.6 Å². The number of carbonyl (C=O) groups is 1. The van der Waals surface area contributed by atoms with Gasteiger partial charge in [0.15, 0.2) is 0 Å². The summed E-state index contributed by atoms with van der Waals surface area (Å²) in [4.78, 5) is 12.7. The van der Waals surface area contributed by atoms with E-state index in [1.54, 1.807) is 31.4 Å². The summed E-state index contributed by atoms with van der Waals surface area (Å²) in [6.45, 7) is 1.33. The van der Waals surface area contributed by atoms with E-state index < -0.39 is 10.0 Å². The van der Waals surface area contributed by atoms with Gasteiger partial charge in [-0.1, -0.05) is 30.0 Å². The van der Waals surface area contributed by atoms with Gasteiger partial charge in [-0.25, -0.2) is 8.42 Å². The van der Waals surface area contributed by atoms with Crippen molar-refractivity contribution in [3.8, 4) is 11.4 Å². The van der Waals surface area contributed by atoms with Crippen LogP contribution in [-0.4, -0.2) is 78.0 Å². The molecule has 1 aliphatic rings. The minimum atomic E-state index is -3.66. The van der Waals surface area contributed by atoms with Crippen LogP contribution in [0.5, 0.6) is 5.75 Å². The Balaban J connectivity index is 1.42. The maximum atomic E-state index is 12.8. The number of nitrogens with zero attached hydrogens (tertiary/aromatic N) is 5. The Morgan fingerprint density at radius 3 is 2.76 bits per heavy atom. The molecular weight excluding hydrogens is 468 g/mol. The summed E-state index contributed by atoms with van der Waals surface area (Å²) in [6, 6.07) is 13.5. The van der Waals surface area contributed by atoms with Gasteiger partial charge in [-0.15, -0.1) is 5.10 Å². The number of tetrazole rings is 1. The number of aromatic nitrogens is 4. The smallest absolute Gasteiger partial charge is 0.243 e. The molecule has 1 saturated heterocycles. The number of hydrogen-bond acceptors (Lipinski definition) is 9. The number of ether oxygens (including phenoxy) is 2. The molecule has 0 radical (unpaired) electrons. The molecule has 33 heavy (non-hydrogen) atoms. The third-order valence-electron chi connectivity index (χ3n) is 4.81. The van der Waals surface area contributed by atoms with Gasteiger partial charge in [0, 0.05) is 18.8 Å². The molecule has 1 fully saturated rings. The average molecular weight is 491 g/mol. The number of anilines is 1. The normalized spacial score (nSPS) is 14.7. The molecule has 3 aromatic rings. The monoisotopic (exact) mass is 490 g/mol. The molecule has 1 N–H and O–H groups in total. The fourth-order valence-corrected chi connectivity index (χ4v) is 5.36. The van der Waals surface area contributed by atoms with Gasteiger partial charge >= 0.3 is 0 Å². The SMILES string of the molecule is COc1ccccc1-n1nnnc1SCC(=O)Nc1cccc(S(=O)(=O)N2CCOCC2)c1. The summed E-state index contributed by atoms with van der Waals surface area (Å²) >= 11 is 1.15. The van der Waals surface area contributed by atoms with E-state index >= 15 is 0 Å². The highest BCUT2D eigenvalue weighted by Crippen LogP contribution is 2.26. The van der Waals surface area contributed by atoms with Crippen molar-refractivity contribution >= 4 is 33.4 Å². The van der Waals surface area contributed by atoms with Crippen LogP contribution in [-0.2, 0) is 19.6 Å². The van der Waals surface area contributed by atoms with Gasteiger partial charge in [0.05, 0.1) is 31.0 Å². The molecule has 2 heterocycles. The molecule has 2 aromatic carbocycles. The second-order valence-corrected chi connectivity index (χ2v) is 9.81. The van der Waals surface area contributed by atoms with Gasteiger partial charge in [0.1, 0.15) is 11.4 Å². The molecule has 13 heteroatoms. The Morgan fingerprint density at radius 1 is 1.18 bits per heavy atom. The van der Waals surface area contributed by atoms with Gasteiger partial charge in [-0.2, -0.15) is 8.99 Å². The lowest BCUT2D eigenvalue weighted by Gasteiger charge is -2.26. The zero-order valence-corrected chi connectivity index (χ0v) is 19.4. The molecule has 0 aliphatic carbocycles. The van der Waals surface area contributed by atoms with Crippen molar-refractivity contribution < 1.29 is 22.7 Å². The Kier molecular flexibility index (Phi) is 7.23. The summed E-state index contributed by atoms with van der Waals surface area (Å²) in [5.41, 5.74) is 1.04. The number of methoxy groups -OCH3 is 1. The quantitative estimate of drug-likeness (QED) is 0.466. The minimum Gasteiger partial charge on any atom is -0.494 e. The molecule has 1 aliphatic heterocycles. The van der Waals surface area contributed by atoms with Crippen molar-refractivity contribution in [1.29, 1.82) is 0 Å². The summed E-state index contributed by atoms with van der Waals surface area (Å²) in [5, 5.41) is 14.8. The fraction of sp³-hybridized carbons (Fsp3) is 0.300. The van der Waals surface area contributed by atoms with Crippen molar-refractivity contribution in [3.63, 3.8) is 0 Å². The topological polar surface area (TPSA) is 129 Å². The predicted octanol–water partition coefficient (Wildman–Crippen LogP) is 1.42. The van der Waals surface area contributed by atoms with Crippen molar-refractivity contribution in [2.75, 3.05) is 44.5 Å². The van der Waals surface area contributed by atoms with E-state index in [0.717, 1.165) is 11.8 Å². The molecular formula is C20H22N6O5S2. The standard InChI is InChI=1S/C20H22N6O5S2/c1-30-18-8-3-2-7-17(18)26-20(22-23-24-26)32-14-19(27)21-15-5-4-6-16(13-15)33(28,29)25-9-11-31-12-10-25/h2-8,13H,9-12,14H2,1H3,(H,21,27). The van der Waals surface area contributed by atoms with Gasteiger partial charge in [0.25, 0.3) is 0 Å². The molecule has 174 valence electrons. The molecule has 0 bridgehead atoms. The number of rotatable bonds is 8. The zero-order valence-electron chi connectivity index (χ0n) is 17.7. The molecule has 1 aromatic heterocycles. The van der Waals surface area contributed by atoms with E-state index in [0.29, 0.717) is 48.6 Å². The summed E-state index contributed by atoms with van der Waals surface area (Å²) < 4.78 is 39.1. The highest BCUT2D eigenvalue weighted by atomic mass is 32.2. The number of sulfonamides is 1. The summed E-state index contributed by atoms with van der Waals surface area (Å²) in [5.74, 6) is 0.292. The Morgan fingerprint density at radius 2 is 1.97 bits per heavy atom. The zero-order chi connectivity index (χ0) is 23.3. The van der Waals surface area contributed by atoms with Crippen molar-refractivity contribution in [2.45, 2.75) is 10.1 Å². The minimum absolute atomic E-state index is 0.0238. The van der Waals surface area contributed by atoms with E-state index in [9.17, 15) is 13.2 Å². The van der Waals surface area contributed by atoms with E-state index in [2.05, 4.69) is 20.8 Å². The molecule has 0 unspecified atom stereocenters. The summed E-state index contributed by atoms with van der Waals surface area (Å²) in [7, 11) is -2.10. The first-order chi connectivity index (χ1) is 16.0. The summed E-state index contributed by atoms with van der Waals surface area (Å²) in [6.07, 6.45) is 0. The number of nitrogens with one attached hydrogen (secondary N) is 1. The van der Waals surface area contributed by atoms with E-state index in [1.807, 2.05) is 12.1 Å². The van der Waals surface area contributed by atoms with Crippen LogP contribution in [0.1, 0.15) is 0 Å². The number of benzene rings is 2. The number of para-hydroxylation sites is 2.